The van der Waals surface area contributed by atoms with Crippen LogP contribution < -0.4 is 5.32 Å². The smallest absolute Gasteiger partial charge is 0.173 e. The van der Waals surface area contributed by atoms with Crippen molar-refractivity contribution < 1.29 is 9.59 Å². The number of hydrogen-bond donors (Lipinski definition) is 1. The normalized spacial score (nSPS) is 21.2. The van der Waals surface area contributed by atoms with Gasteiger partial charge in [0.15, 0.2) is 11.6 Å². The molecule has 128 valence electrons. The van der Waals surface area contributed by atoms with Crippen LogP contribution in [0.1, 0.15) is 58.6 Å². The second kappa shape index (κ2) is 5.58. The lowest BCUT2D eigenvalue weighted by Gasteiger charge is -2.43. The summed E-state index contributed by atoms with van der Waals surface area (Å²) in [5.74, 6) is -0.0341. The number of nitrogens with one attached hydrogen (secondary N) is 1. The first-order chi connectivity index (χ1) is 11.2. The fourth-order valence-electron chi connectivity index (χ4n) is 4.04. The lowest BCUT2D eigenvalue weighted by atomic mass is 9.61. The van der Waals surface area contributed by atoms with E-state index < -0.39 is 10.8 Å². The van der Waals surface area contributed by atoms with Gasteiger partial charge in [-0.1, -0.05) is 25.5 Å². The molecule has 3 heteroatoms. The average Bonchev–Trinajstić information content (AvgIpc) is 2.56. The van der Waals surface area contributed by atoms with Gasteiger partial charge in [-0.2, -0.15) is 0 Å². The molecule has 0 saturated carbocycles. The minimum absolute atomic E-state index is 0.00531. The van der Waals surface area contributed by atoms with Gasteiger partial charge in [0.05, 0.1) is 10.8 Å². The van der Waals surface area contributed by atoms with Crippen molar-refractivity contribution >= 4 is 17.3 Å². The molecule has 3 nitrogen and oxygen atoms in total. The first-order valence-electron chi connectivity index (χ1n) is 8.91. The number of hydrogen-bond acceptors (Lipinski definition) is 3. The lowest BCUT2D eigenvalue weighted by Crippen LogP contribution is -2.51. The van der Waals surface area contributed by atoms with Gasteiger partial charge in [-0.3, -0.25) is 9.59 Å². The van der Waals surface area contributed by atoms with E-state index in [2.05, 4.69) is 30.4 Å². The molecule has 0 aromatic heterocycles. The number of ketones is 2. The molecule has 0 amide bonds. The van der Waals surface area contributed by atoms with E-state index in [1.54, 1.807) is 13.8 Å². The summed E-state index contributed by atoms with van der Waals surface area (Å²) < 4.78 is 0. The zero-order chi connectivity index (χ0) is 17.7. The van der Waals surface area contributed by atoms with Crippen molar-refractivity contribution in [1.82, 2.24) is 0 Å². The lowest BCUT2D eigenvalue weighted by molar-refractivity contribution is -0.143. The van der Waals surface area contributed by atoms with Gasteiger partial charge in [-0.05, 0) is 57.7 Å². The fraction of sp³-hybridized carbons (Fsp3) is 0.524. The van der Waals surface area contributed by atoms with Gasteiger partial charge in [-0.15, -0.1) is 0 Å². The summed E-state index contributed by atoms with van der Waals surface area (Å²) >= 11 is 0. The van der Waals surface area contributed by atoms with E-state index in [4.69, 9.17) is 0 Å². The summed E-state index contributed by atoms with van der Waals surface area (Å²) in [7, 11) is 0. The van der Waals surface area contributed by atoms with Crippen LogP contribution in [-0.4, -0.2) is 11.6 Å². The zero-order valence-electron chi connectivity index (χ0n) is 15.4. The van der Waals surface area contributed by atoms with Crippen molar-refractivity contribution in [2.24, 2.45) is 10.8 Å². The molecule has 0 radical (unpaired) electrons. The first-order valence-corrected chi connectivity index (χ1v) is 8.91. The van der Waals surface area contributed by atoms with E-state index in [-0.39, 0.29) is 11.6 Å². The molecule has 0 fully saturated rings. The highest BCUT2D eigenvalue weighted by Gasteiger charge is 2.53. The molecule has 1 aromatic rings. The van der Waals surface area contributed by atoms with Crippen LogP contribution in [0, 0.1) is 10.8 Å². The standard InChI is InChI=1S/C21H27NO2/c1-6-7-8-13-9-10-16-14(11-13)12-15-17(22-16)20(2,3)19(24)21(4,5)18(15)23/h9-11,22H,6-8,12H2,1-5H3. The number of carbonyl (C=O) groups is 2. The Bertz CT molecular complexity index is 753. The van der Waals surface area contributed by atoms with Crippen LogP contribution in [0.15, 0.2) is 29.5 Å². The summed E-state index contributed by atoms with van der Waals surface area (Å²) in [4.78, 5) is 25.8. The predicted molar refractivity (Wildman–Crippen MR) is 97.0 cm³/mol. The number of unbranched alkanes of at least 4 members (excludes halogenated alkanes) is 1. The third kappa shape index (κ3) is 2.42. The van der Waals surface area contributed by atoms with Crippen molar-refractivity contribution in [3.63, 3.8) is 0 Å². The van der Waals surface area contributed by atoms with Crippen molar-refractivity contribution in [3.8, 4) is 0 Å². The molecule has 3 rings (SSSR count). The van der Waals surface area contributed by atoms with E-state index >= 15 is 0 Å². The van der Waals surface area contributed by atoms with Crippen LogP contribution in [0.25, 0.3) is 0 Å². The van der Waals surface area contributed by atoms with E-state index in [9.17, 15) is 9.59 Å². The quantitative estimate of drug-likeness (QED) is 0.835. The Morgan fingerprint density at radius 2 is 1.79 bits per heavy atom. The van der Waals surface area contributed by atoms with Crippen molar-refractivity contribution in [1.29, 1.82) is 0 Å². The number of fused-ring (bicyclic) bond motifs is 1. The molecule has 0 saturated heterocycles. The molecule has 24 heavy (non-hydrogen) atoms. The summed E-state index contributed by atoms with van der Waals surface area (Å²) in [5, 5.41) is 3.41. The highest BCUT2D eigenvalue weighted by Crippen LogP contribution is 2.47. The fourth-order valence-corrected chi connectivity index (χ4v) is 4.04. The van der Waals surface area contributed by atoms with Crippen LogP contribution in [-0.2, 0) is 22.4 Å². The van der Waals surface area contributed by atoms with Gasteiger partial charge in [-0.25, -0.2) is 0 Å². The van der Waals surface area contributed by atoms with Gasteiger partial charge in [0.25, 0.3) is 0 Å². The van der Waals surface area contributed by atoms with Crippen LogP contribution in [0.4, 0.5) is 5.69 Å². The third-order valence-electron chi connectivity index (χ3n) is 5.52. The predicted octanol–water partition coefficient (Wildman–Crippen LogP) is 4.46. The Hall–Kier alpha value is -1.90. The van der Waals surface area contributed by atoms with Gasteiger partial charge in [0.2, 0.25) is 0 Å². The Labute approximate surface area is 144 Å². The molecule has 0 bridgehead atoms. The molecular formula is C21H27NO2. The molecule has 2 aliphatic rings. The zero-order valence-corrected chi connectivity index (χ0v) is 15.4. The summed E-state index contributed by atoms with van der Waals surface area (Å²) in [6.07, 6.45) is 4.04. The summed E-state index contributed by atoms with van der Waals surface area (Å²) in [5.41, 5.74) is 3.49. The van der Waals surface area contributed by atoms with Gasteiger partial charge >= 0.3 is 0 Å². The number of rotatable bonds is 3. The molecule has 0 atom stereocenters. The minimum Gasteiger partial charge on any atom is -0.358 e. The molecule has 1 aliphatic carbocycles. The molecule has 1 N–H and O–H groups in total. The number of Topliss-reactive ketones (excluding diaryl/α,β-unsaturated/α-hetero) is 2. The van der Waals surface area contributed by atoms with E-state index in [0.717, 1.165) is 28.9 Å². The van der Waals surface area contributed by atoms with E-state index in [1.807, 2.05) is 13.8 Å². The minimum atomic E-state index is -0.943. The SMILES string of the molecule is CCCCc1ccc2c(c1)CC1=C(N2)C(C)(C)C(=O)C(C)(C)C1=O. The Morgan fingerprint density at radius 1 is 1.08 bits per heavy atom. The van der Waals surface area contributed by atoms with Gasteiger partial charge in [0.1, 0.15) is 0 Å². The van der Waals surface area contributed by atoms with Crippen LogP contribution in [0.2, 0.25) is 0 Å². The van der Waals surface area contributed by atoms with Gasteiger partial charge in [0, 0.05) is 23.4 Å². The number of benzene rings is 1. The van der Waals surface area contributed by atoms with Crippen LogP contribution >= 0.6 is 0 Å². The largest absolute Gasteiger partial charge is 0.358 e. The van der Waals surface area contributed by atoms with Crippen LogP contribution in [0.3, 0.4) is 0 Å². The maximum absolute atomic E-state index is 12.9. The summed E-state index contributed by atoms with van der Waals surface area (Å²) in [6, 6.07) is 6.46. The Kier molecular flexibility index (Phi) is 3.94. The van der Waals surface area contributed by atoms with Crippen molar-refractivity contribution in [2.75, 3.05) is 5.32 Å². The molecule has 0 unspecified atom stereocenters. The number of allylic oxidation sites excluding steroid dienone is 2. The summed E-state index contributed by atoms with van der Waals surface area (Å²) in [6.45, 7) is 9.56. The Morgan fingerprint density at radius 3 is 2.46 bits per heavy atom. The highest BCUT2D eigenvalue weighted by atomic mass is 16.2. The van der Waals surface area contributed by atoms with E-state index in [1.165, 1.54) is 18.4 Å². The number of aryl methyl sites for hydroxylation is 1. The second-order valence-electron chi connectivity index (χ2n) is 8.16. The second-order valence-corrected chi connectivity index (χ2v) is 8.16. The average molecular weight is 325 g/mol. The molecule has 1 aromatic carbocycles. The monoisotopic (exact) mass is 325 g/mol. The number of anilines is 1. The molecule has 1 heterocycles. The molecular weight excluding hydrogens is 298 g/mol. The van der Waals surface area contributed by atoms with Crippen molar-refractivity contribution in [3.05, 3.63) is 40.6 Å². The van der Waals surface area contributed by atoms with Crippen LogP contribution in [0.5, 0.6) is 0 Å². The maximum atomic E-state index is 12.9. The van der Waals surface area contributed by atoms with Gasteiger partial charge < -0.3 is 5.32 Å². The molecule has 0 spiro atoms. The first kappa shape index (κ1) is 16.9. The van der Waals surface area contributed by atoms with Crippen molar-refractivity contribution in [2.45, 2.75) is 60.3 Å². The molecule has 1 aliphatic heterocycles. The number of carbonyl (C=O) groups excluding carboxylic acids is 2. The van der Waals surface area contributed by atoms with E-state index in [0.29, 0.717) is 6.42 Å². The topological polar surface area (TPSA) is 46.2 Å². The third-order valence-corrected chi connectivity index (χ3v) is 5.52. The highest BCUT2D eigenvalue weighted by molar-refractivity contribution is 6.20. The maximum Gasteiger partial charge on any atom is 0.173 e. The Balaban J connectivity index is 2.03.